The molecule has 1 amide bonds. The van der Waals surface area contributed by atoms with E-state index in [1.54, 1.807) is 11.1 Å². The summed E-state index contributed by atoms with van der Waals surface area (Å²) in [6.45, 7) is 1.33. The Kier molecular flexibility index (Phi) is 6.71. The molecule has 1 fully saturated rings. The van der Waals surface area contributed by atoms with Crippen molar-refractivity contribution in [3.05, 3.63) is 35.4 Å². The Bertz CT molecular complexity index is 620. The molecule has 0 unspecified atom stereocenters. The molecule has 1 atom stereocenters. The van der Waals surface area contributed by atoms with Crippen molar-refractivity contribution in [1.29, 1.82) is 0 Å². The molecule has 0 saturated carbocycles. The second kappa shape index (κ2) is 8.29. The smallest absolute Gasteiger partial charge is 0.475 e. The lowest BCUT2D eigenvalue weighted by Crippen LogP contribution is -2.33. The maximum absolute atomic E-state index is 11.7. The number of hydrazone groups is 1. The van der Waals surface area contributed by atoms with E-state index in [1.165, 1.54) is 0 Å². The van der Waals surface area contributed by atoms with Gasteiger partial charge in [0.25, 0.3) is 0 Å². The average molecular weight is 346 g/mol. The number of nitrogens with two attached hydrogens (primary N) is 2. The molecule has 1 heterocycles. The Hall–Kier alpha value is -2.62. The van der Waals surface area contributed by atoms with Gasteiger partial charge in [0, 0.05) is 13.1 Å². The highest BCUT2D eigenvalue weighted by Crippen LogP contribution is 2.14. The normalized spacial score (nSPS) is 17.8. The molecule has 24 heavy (non-hydrogen) atoms. The van der Waals surface area contributed by atoms with Gasteiger partial charge < -0.3 is 21.6 Å². The van der Waals surface area contributed by atoms with Crippen LogP contribution in [0.3, 0.4) is 0 Å². The predicted octanol–water partition coefficient (Wildman–Crippen LogP) is 0.672. The van der Waals surface area contributed by atoms with Gasteiger partial charge in [-0.25, -0.2) is 4.79 Å². The Morgan fingerprint density at radius 3 is 2.54 bits per heavy atom. The first-order valence-corrected chi connectivity index (χ1v) is 6.82. The van der Waals surface area contributed by atoms with E-state index in [-0.39, 0.29) is 11.9 Å². The Labute approximate surface area is 135 Å². The minimum absolute atomic E-state index is 0.0305. The summed E-state index contributed by atoms with van der Waals surface area (Å²) in [5.74, 6) is 2.38. The molecule has 5 N–H and O–H groups in total. The third kappa shape index (κ3) is 5.88. The molecule has 0 aromatic heterocycles. The third-order valence-electron chi connectivity index (χ3n) is 3.13. The fourth-order valence-corrected chi connectivity index (χ4v) is 2.00. The number of halogens is 3. The summed E-state index contributed by atoms with van der Waals surface area (Å²) in [5.41, 5.74) is 7.66. The van der Waals surface area contributed by atoms with Crippen LogP contribution in [0, 0.1) is 0 Å². The number of rotatable bonds is 3. The summed E-state index contributed by atoms with van der Waals surface area (Å²) in [4.78, 5) is 22.4. The molecule has 1 aliphatic heterocycles. The number of alkyl halides is 3. The molecule has 0 radical (unpaired) electrons. The van der Waals surface area contributed by atoms with Gasteiger partial charge in [-0.05, 0) is 23.6 Å². The molecule has 1 aromatic rings. The predicted molar refractivity (Wildman–Crippen MR) is 79.9 cm³/mol. The van der Waals surface area contributed by atoms with E-state index in [0.29, 0.717) is 6.54 Å². The lowest BCUT2D eigenvalue weighted by atomic mass is 10.1. The van der Waals surface area contributed by atoms with Crippen LogP contribution in [0.1, 0.15) is 17.5 Å². The average Bonchev–Trinajstić information content (AvgIpc) is 2.80. The van der Waals surface area contributed by atoms with Gasteiger partial charge in [-0.15, -0.1) is 0 Å². The van der Waals surface area contributed by atoms with Crippen molar-refractivity contribution in [3.63, 3.8) is 0 Å². The number of carboxylic acids is 1. The molecule has 0 spiro atoms. The first kappa shape index (κ1) is 19.4. The number of likely N-dealkylation sites (tertiary alicyclic amines) is 1. The number of aliphatic carboxylic acids is 1. The Balaban J connectivity index is 0.000000351. The van der Waals surface area contributed by atoms with E-state index in [0.717, 1.165) is 24.1 Å². The molecule has 0 aliphatic carbocycles. The first-order chi connectivity index (χ1) is 11.1. The van der Waals surface area contributed by atoms with Crippen LogP contribution in [0.5, 0.6) is 0 Å². The van der Waals surface area contributed by atoms with Crippen LogP contribution in [0.2, 0.25) is 0 Å². The number of hydrogen-bond donors (Lipinski definition) is 3. The van der Waals surface area contributed by atoms with Gasteiger partial charge in [-0.1, -0.05) is 18.2 Å². The van der Waals surface area contributed by atoms with Gasteiger partial charge in [-0.2, -0.15) is 18.3 Å². The number of carboxylic acid groups (broad SMARTS) is 1. The molecule has 0 bridgehead atoms. The van der Waals surface area contributed by atoms with Gasteiger partial charge >= 0.3 is 12.1 Å². The number of nitrogens with zero attached hydrogens (tertiary/aromatic N) is 2. The maximum Gasteiger partial charge on any atom is 0.490 e. The van der Waals surface area contributed by atoms with Gasteiger partial charge in [0.15, 0.2) is 0 Å². The van der Waals surface area contributed by atoms with Crippen LogP contribution >= 0.6 is 0 Å². The standard InChI is InChI=1S/C12H16N4O.C2HF3O2/c13-11-4-5-16(12(11)17)8-10-3-1-2-9(6-10)7-15-14;3-2(4,5)1(6)7/h1-3,6-7,11H,4-5,8,13-14H2;(H,6,7)/t11-;/m1./s1. The van der Waals surface area contributed by atoms with Gasteiger partial charge in [0.1, 0.15) is 0 Å². The monoisotopic (exact) mass is 346 g/mol. The maximum atomic E-state index is 11.7. The van der Waals surface area contributed by atoms with Crippen LogP contribution in [-0.4, -0.2) is 46.9 Å². The van der Waals surface area contributed by atoms with Crippen molar-refractivity contribution >= 4 is 18.1 Å². The quantitative estimate of drug-likeness (QED) is 0.422. The lowest BCUT2D eigenvalue weighted by molar-refractivity contribution is -0.192. The molecular weight excluding hydrogens is 329 g/mol. The van der Waals surface area contributed by atoms with Crippen LogP contribution in [0.4, 0.5) is 13.2 Å². The molecule has 1 aromatic carbocycles. The number of carbonyl (C=O) groups is 2. The molecule has 2 rings (SSSR count). The van der Waals surface area contributed by atoms with Crippen molar-refractivity contribution in [3.8, 4) is 0 Å². The highest BCUT2D eigenvalue weighted by molar-refractivity contribution is 5.84. The van der Waals surface area contributed by atoms with Gasteiger partial charge in [-0.3, -0.25) is 4.79 Å². The zero-order valence-electron chi connectivity index (χ0n) is 12.5. The largest absolute Gasteiger partial charge is 0.490 e. The zero-order valence-corrected chi connectivity index (χ0v) is 12.5. The van der Waals surface area contributed by atoms with E-state index in [4.69, 9.17) is 21.5 Å². The molecule has 1 aliphatic rings. The molecule has 10 heteroatoms. The Morgan fingerprint density at radius 2 is 2.08 bits per heavy atom. The van der Waals surface area contributed by atoms with Gasteiger partial charge in [0.2, 0.25) is 5.91 Å². The van der Waals surface area contributed by atoms with Crippen LogP contribution in [0.15, 0.2) is 29.4 Å². The number of benzene rings is 1. The summed E-state index contributed by atoms with van der Waals surface area (Å²) in [5, 5.41) is 10.6. The van der Waals surface area contributed by atoms with E-state index >= 15 is 0 Å². The molecule has 7 nitrogen and oxygen atoms in total. The molecule has 1 saturated heterocycles. The fraction of sp³-hybridized carbons (Fsp3) is 0.357. The van der Waals surface area contributed by atoms with E-state index < -0.39 is 12.1 Å². The minimum atomic E-state index is -5.08. The van der Waals surface area contributed by atoms with Crippen molar-refractivity contribution < 1.29 is 27.9 Å². The van der Waals surface area contributed by atoms with Crippen molar-refractivity contribution in [1.82, 2.24) is 4.90 Å². The minimum Gasteiger partial charge on any atom is -0.475 e. The summed E-state index contributed by atoms with van der Waals surface area (Å²) >= 11 is 0. The van der Waals surface area contributed by atoms with Crippen molar-refractivity contribution in [2.75, 3.05) is 6.54 Å². The zero-order chi connectivity index (χ0) is 18.3. The van der Waals surface area contributed by atoms with Crippen LogP contribution < -0.4 is 11.6 Å². The third-order valence-corrected chi connectivity index (χ3v) is 3.13. The summed E-state index contributed by atoms with van der Waals surface area (Å²) in [6.07, 6.45) is -2.76. The fourth-order valence-electron chi connectivity index (χ4n) is 2.00. The second-order valence-electron chi connectivity index (χ2n) is 4.98. The summed E-state index contributed by atoms with van der Waals surface area (Å²) in [6, 6.07) is 7.45. The first-order valence-electron chi connectivity index (χ1n) is 6.82. The topological polar surface area (TPSA) is 122 Å². The highest BCUT2D eigenvalue weighted by Gasteiger charge is 2.38. The van der Waals surface area contributed by atoms with Crippen molar-refractivity contribution in [2.24, 2.45) is 16.7 Å². The lowest BCUT2D eigenvalue weighted by Gasteiger charge is -2.16. The highest BCUT2D eigenvalue weighted by atomic mass is 19.4. The Morgan fingerprint density at radius 1 is 1.46 bits per heavy atom. The van der Waals surface area contributed by atoms with E-state index in [1.807, 2.05) is 24.3 Å². The van der Waals surface area contributed by atoms with E-state index in [9.17, 15) is 18.0 Å². The SMILES string of the molecule is NN=Cc1cccc(CN2CC[C@@H](N)C2=O)c1.O=C(O)C(F)(F)F. The van der Waals surface area contributed by atoms with Crippen LogP contribution in [0.25, 0.3) is 0 Å². The molecule has 132 valence electrons. The van der Waals surface area contributed by atoms with Crippen LogP contribution in [-0.2, 0) is 16.1 Å². The number of amides is 1. The molecular formula is C14H17F3N4O3. The number of hydrogen-bond acceptors (Lipinski definition) is 5. The number of carbonyl (C=O) groups excluding carboxylic acids is 1. The van der Waals surface area contributed by atoms with Gasteiger partial charge in [0.05, 0.1) is 12.3 Å². The van der Waals surface area contributed by atoms with Crippen molar-refractivity contribution in [2.45, 2.75) is 25.2 Å². The summed E-state index contributed by atoms with van der Waals surface area (Å²) < 4.78 is 31.7. The summed E-state index contributed by atoms with van der Waals surface area (Å²) in [7, 11) is 0. The van der Waals surface area contributed by atoms with E-state index in [2.05, 4.69) is 5.10 Å². The second-order valence-corrected chi connectivity index (χ2v) is 4.98.